The average molecular weight is 250 g/mol. The van der Waals surface area contributed by atoms with E-state index in [1.165, 1.54) is 0 Å². The lowest BCUT2D eigenvalue weighted by Gasteiger charge is -2.20. The molecule has 2 unspecified atom stereocenters. The van der Waals surface area contributed by atoms with E-state index >= 15 is 0 Å². The van der Waals surface area contributed by atoms with Crippen molar-refractivity contribution in [2.75, 3.05) is 13.2 Å². The molecule has 4 nitrogen and oxygen atoms in total. The molecule has 1 aromatic carbocycles. The molecule has 1 rings (SSSR count). The molecular formula is C14H22N2O2. The van der Waals surface area contributed by atoms with Crippen LogP contribution in [0.5, 0.6) is 0 Å². The number of hydrogen-bond donors (Lipinski definition) is 3. The molecule has 100 valence electrons. The second-order valence-corrected chi connectivity index (χ2v) is 4.62. The first-order valence-electron chi connectivity index (χ1n) is 6.29. The fourth-order valence-corrected chi connectivity index (χ4v) is 1.70. The largest absolute Gasteiger partial charge is 0.396 e. The van der Waals surface area contributed by atoms with Crippen LogP contribution in [0.1, 0.15) is 29.8 Å². The molecule has 0 aromatic heterocycles. The molecule has 0 fully saturated rings. The van der Waals surface area contributed by atoms with Gasteiger partial charge in [-0.15, -0.1) is 0 Å². The zero-order valence-corrected chi connectivity index (χ0v) is 11.0. The Hall–Kier alpha value is -1.39. The third kappa shape index (κ3) is 3.82. The molecule has 0 heterocycles. The first-order chi connectivity index (χ1) is 8.60. The zero-order chi connectivity index (χ0) is 13.5. The smallest absolute Gasteiger partial charge is 0.251 e. The Bertz CT molecular complexity index is 393. The summed E-state index contributed by atoms with van der Waals surface area (Å²) >= 11 is 0. The Labute approximate surface area is 108 Å². The number of aliphatic hydroxyl groups is 1. The summed E-state index contributed by atoms with van der Waals surface area (Å²) < 4.78 is 0. The summed E-state index contributed by atoms with van der Waals surface area (Å²) in [7, 11) is 0. The predicted octanol–water partition coefficient (Wildman–Crippen LogP) is 0.935. The van der Waals surface area contributed by atoms with Gasteiger partial charge in [-0.3, -0.25) is 4.79 Å². The van der Waals surface area contributed by atoms with Gasteiger partial charge in [0.25, 0.3) is 5.91 Å². The van der Waals surface area contributed by atoms with E-state index in [1.807, 2.05) is 32.0 Å². The van der Waals surface area contributed by atoms with E-state index in [9.17, 15) is 4.79 Å². The Balaban J connectivity index is 2.77. The number of hydrogen-bond acceptors (Lipinski definition) is 3. The van der Waals surface area contributed by atoms with Crippen LogP contribution in [0, 0.1) is 5.92 Å². The van der Waals surface area contributed by atoms with Crippen molar-refractivity contribution in [1.29, 1.82) is 0 Å². The maximum Gasteiger partial charge on any atom is 0.251 e. The Kier molecular flexibility index (Phi) is 5.82. The molecule has 1 aromatic rings. The molecule has 0 aliphatic heterocycles. The minimum Gasteiger partial charge on any atom is -0.396 e. The monoisotopic (exact) mass is 250 g/mol. The second kappa shape index (κ2) is 7.13. The van der Waals surface area contributed by atoms with Crippen molar-refractivity contribution in [2.45, 2.75) is 26.3 Å². The Morgan fingerprint density at radius 1 is 1.39 bits per heavy atom. The van der Waals surface area contributed by atoms with Crippen molar-refractivity contribution in [3.05, 3.63) is 35.4 Å². The average Bonchev–Trinajstić information content (AvgIpc) is 2.38. The lowest BCUT2D eigenvalue weighted by Crippen LogP contribution is -2.38. The standard InChI is InChI=1S/C14H22N2O2/c1-10(9-17)11(2)16-14(18)13-6-4-3-5-12(13)7-8-15/h3-6,10-11,17H,7-9,15H2,1-2H3,(H,16,18). The minimum absolute atomic E-state index is 0.0376. The van der Waals surface area contributed by atoms with E-state index < -0.39 is 0 Å². The lowest BCUT2D eigenvalue weighted by atomic mass is 10.0. The van der Waals surface area contributed by atoms with E-state index in [4.69, 9.17) is 10.8 Å². The number of amides is 1. The van der Waals surface area contributed by atoms with E-state index in [2.05, 4.69) is 5.32 Å². The van der Waals surface area contributed by atoms with Crippen LogP contribution in [-0.4, -0.2) is 30.2 Å². The highest BCUT2D eigenvalue weighted by atomic mass is 16.3. The first kappa shape index (κ1) is 14.7. The molecule has 0 aliphatic carbocycles. The van der Waals surface area contributed by atoms with Gasteiger partial charge in [-0.1, -0.05) is 25.1 Å². The molecule has 0 saturated carbocycles. The molecule has 18 heavy (non-hydrogen) atoms. The maximum absolute atomic E-state index is 12.1. The fraction of sp³-hybridized carbons (Fsp3) is 0.500. The SMILES string of the molecule is CC(CO)C(C)NC(=O)c1ccccc1CCN. The number of nitrogens with one attached hydrogen (secondary N) is 1. The van der Waals surface area contributed by atoms with Gasteiger partial charge in [0.15, 0.2) is 0 Å². The van der Waals surface area contributed by atoms with Crippen LogP contribution in [0.2, 0.25) is 0 Å². The molecule has 0 radical (unpaired) electrons. The summed E-state index contributed by atoms with van der Waals surface area (Å²) in [6.07, 6.45) is 0.688. The van der Waals surface area contributed by atoms with Gasteiger partial charge in [-0.2, -0.15) is 0 Å². The van der Waals surface area contributed by atoms with Crippen LogP contribution < -0.4 is 11.1 Å². The number of carbonyl (C=O) groups excluding carboxylic acids is 1. The molecule has 2 atom stereocenters. The third-order valence-electron chi connectivity index (χ3n) is 3.18. The summed E-state index contributed by atoms with van der Waals surface area (Å²) in [5.41, 5.74) is 7.16. The molecule has 1 amide bonds. The summed E-state index contributed by atoms with van der Waals surface area (Å²) in [4.78, 5) is 12.1. The Morgan fingerprint density at radius 2 is 2.06 bits per heavy atom. The van der Waals surface area contributed by atoms with Crippen LogP contribution in [0.3, 0.4) is 0 Å². The third-order valence-corrected chi connectivity index (χ3v) is 3.18. The highest BCUT2D eigenvalue weighted by Gasteiger charge is 2.16. The van der Waals surface area contributed by atoms with Gasteiger partial charge in [0.1, 0.15) is 0 Å². The fourth-order valence-electron chi connectivity index (χ4n) is 1.70. The lowest BCUT2D eigenvalue weighted by molar-refractivity contribution is 0.0915. The number of rotatable bonds is 6. The van der Waals surface area contributed by atoms with Crippen LogP contribution in [0.4, 0.5) is 0 Å². The maximum atomic E-state index is 12.1. The van der Waals surface area contributed by atoms with Gasteiger partial charge in [0.05, 0.1) is 0 Å². The minimum atomic E-state index is -0.105. The number of aliphatic hydroxyl groups excluding tert-OH is 1. The van der Waals surface area contributed by atoms with Gasteiger partial charge < -0.3 is 16.2 Å². The van der Waals surface area contributed by atoms with Gasteiger partial charge in [-0.05, 0) is 37.4 Å². The van der Waals surface area contributed by atoms with E-state index in [0.717, 1.165) is 5.56 Å². The number of benzene rings is 1. The Morgan fingerprint density at radius 3 is 2.67 bits per heavy atom. The molecule has 4 heteroatoms. The first-order valence-corrected chi connectivity index (χ1v) is 6.29. The summed E-state index contributed by atoms with van der Waals surface area (Å²) in [6, 6.07) is 7.41. The molecule has 0 spiro atoms. The summed E-state index contributed by atoms with van der Waals surface area (Å²) in [5.74, 6) is -0.0672. The van der Waals surface area contributed by atoms with Crippen molar-refractivity contribution >= 4 is 5.91 Å². The molecule has 0 aliphatic rings. The van der Waals surface area contributed by atoms with Crippen molar-refractivity contribution in [1.82, 2.24) is 5.32 Å². The number of carbonyl (C=O) groups is 1. The second-order valence-electron chi connectivity index (χ2n) is 4.62. The van der Waals surface area contributed by atoms with Gasteiger partial charge >= 0.3 is 0 Å². The number of nitrogens with two attached hydrogens (primary N) is 1. The van der Waals surface area contributed by atoms with Crippen molar-refractivity contribution in [3.63, 3.8) is 0 Å². The molecular weight excluding hydrogens is 228 g/mol. The van der Waals surface area contributed by atoms with Crippen LogP contribution in [0.25, 0.3) is 0 Å². The van der Waals surface area contributed by atoms with Gasteiger partial charge in [0, 0.05) is 18.2 Å². The van der Waals surface area contributed by atoms with Crippen LogP contribution in [-0.2, 0) is 6.42 Å². The van der Waals surface area contributed by atoms with Gasteiger partial charge in [0.2, 0.25) is 0 Å². The van der Waals surface area contributed by atoms with E-state index in [0.29, 0.717) is 18.5 Å². The zero-order valence-electron chi connectivity index (χ0n) is 11.0. The molecule has 4 N–H and O–H groups in total. The predicted molar refractivity (Wildman–Crippen MR) is 72.4 cm³/mol. The van der Waals surface area contributed by atoms with Gasteiger partial charge in [-0.25, -0.2) is 0 Å². The summed E-state index contributed by atoms with van der Waals surface area (Å²) in [5, 5.41) is 12.0. The highest BCUT2D eigenvalue weighted by Crippen LogP contribution is 2.10. The van der Waals surface area contributed by atoms with Crippen molar-refractivity contribution < 1.29 is 9.90 Å². The normalized spacial score (nSPS) is 14.0. The highest BCUT2D eigenvalue weighted by molar-refractivity contribution is 5.95. The van der Waals surface area contributed by atoms with E-state index in [1.54, 1.807) is 6.07 Å². The van der Waals surface area contributed by atoms with Crippen molar-refractivity contribution in [3.8, 4) is 0 Å². The van der Waals surface area contributed by atoms with Crippen LogP contribution in [0.15, 0.2) is 24.3 Å². The van der Waals surface area contributed by atoms with Crippen molar-refractivity contribution in [2.24, 2.45) is 11.7 Å². The topological polar surface area (TPSA) is 75.3 Å². The quantitative estimate of drug-likeness (QED) is 0.703. The molecule has 0 saturated heterocycles. The summed E-state index contributed by atoms with van der Waals surface area (Å²) in [6.45, 7) is 4.37. The molecule has 0 bridgehead atoms. The van der Waals surface area contributed by atoms with Crippen LogP contribution >= 0.6 is 0 Å². The van der Waals surface area contributed by atoms with E-state index in [-0.39, 0.29) is 24.5 Å².